The Morgan fingerprint density at radius 2 is 2.21 bits per heavy atom. The van der Waals surface area contributed by atoms with Crippen molar-refractivity contribution in [2.24, 2.45) is 11.7 Å². The van der Waals surface area contributed by atoms with E-state index in [9.17, 15) is 4.79 Å². The molecule has 5 nitrogen and oxygen atoms in total. The molecule has 106 valence electrons. The number of amides is 1. The van der Waals surface area contributed by atoms with Crippen LogP contribution in [0.15, 0.2) is 0 Å². The number of hydrogen-bond donors (Lipinski definition) is 2. The van der Waals surface area contributed by atoms with E-state index in [-0.39, 0.29) is 17.9 Å². The lowest BCUT2D eigenvalue weighted by molar-refractivity contribution is 0.0910. The van der Waals surface area contributed by atoms with Gasteiger partial charge in [-0.15, -0.1) is 5.10 Å². The van der Waals surface area contributed by atoms with E-state index in [0.29, 0.717) is 17.3 Å². The van der Waals surface area contributed by atoms with Crippen molar-refractivity contribution >= 4 is 17.4 Å². The van der Waals surface area contributed by atoms with Crippen LogP contribution in [0, 0.1) is 5.92 Å². The fraction of sp³-hybridized carbons (Fsp3) is 0.769. The minimum Gasteiger partial charge on any atom is -0.348 e. The van der Waals surface area contributed by atoms with Crippen LogP contribution in [0.3, 0.4) is 0 Å². The lowest BCUT2D eigenvalue weighted by Gasteiger charge is -2.31. The van der Waals surface area contributed by atoms with E-state index in [0.717, 1.165) is 18.5 Å². The summed E-state index contributed by atoms with van der Waals surface area (Å²) in [6, 6.07) is 0.202. The zero-order valence-corrected chi connectivity index (χ0v) is 12.4. The Kier molecular flexibility index (Phi) is 4.87. The third-order valence-corrected chi connectivity index (χ3v) is 4.54. The van der Waals surface area contributed by atoms with Crippen LogP contribution < -0.4 is 11.1 Å². The van der Waals surface area contributed by atoms with E-state index in [1.807, 2.05) is 13.8 Å². The van der Waals surface area contributed by atoms with Gasteiger partial charge in [0.2, 0.25) is 0 Å². The van der Waals surface area contributed by atoms with Gasteiger partial charge in [-0.25, -0.2) is 0 Å². The Morgan fingerprint density at radius 1 is 1.47 bits per heavy atom. The highest BCUT2D eigenvalue weighted by atomic mass is 32.1. The molecule has 0 aliphatic heterocycles. The molecular formula is C13H22N4OS. The zero-order valence-electron chi connectivity index (χ0n) is 11.6. The molecule has 1 aromatic rings. The molecule has 0 spiro atoms. The molecule has 2 unspecified atom stereocenters. The highest BCUT2D eigenvalue weighted by Crippen LogP contribution is 2.25. The molecule has 0 radical (unpaired) electrons. The number of rotatable bonds is 4. The Labute approximate surface area is 118 Å². The van der Waals surface area contributed by atoms with Crippen molar-refractivity contribution in [1.82, 2.24) is 14.9 Å². The summed E-state index contributed by atoms with van der Waals surface area (Å²) in [7, 11) is 0. The monoisotopic (exact) mass is 282 g/mol. The second-order valence-electron chi connectivity index (χ2n) is 5.50. The number of nitrogens with two attached hydrogens (primary N) is 1. The van der Waals surface area contributed by atoms with E-state index in [1.54, 1.807) is 0 Å². The van der Waals surface area contributed by atoms with Crippen LogP contribution in [0.5, 0.6) is 0 Å². The van der Waals surface area contributed by atoms with Crippen molar-refractivity contribution in [1.29, 1.82) is 0 Å². The quantitative estimate of drug-likeness (QED) is 0.884. The lowest BCUT2D eigenvalue weighted by atomic mass is 9.84. The summed E-state index contributed by atoms with van der Waals surface area (Å²) in [5.74, 6) is 0.585. The molecule has 1 fully saturated rings. The Bertz CT molecular complexity index is 432. The molecule has 1 aliphatic carbocycles. The first-order valence-electron chi connectivity index (χ1n) is 6.96. The minimum atomic E-state index is -0.0379. The van der Waals surface area contributed by atoms with Gasteiger partial charge >= 0.3 is 0 Å². The lowest BCUT2D eigenvalue weighted by Crippen LogP contribution is -2.44. The molecule has 19 heavy (non-hydrogen) atoms. The fourth-order valence-corrected chi connectivity index (χ4v) is 3.37. The number of carbonyl (C=O) groups excluding carboxylic acids is 1. The van der Waals surface area contributed by atoms with Crippen LogP contribution in [-0.2, 0) is 0 Å². The van der Waals surface area contributed by atoms with Crippen LogP contribution >= 0.6 is 11.5 Å². The van der Waals surface area contributed by atoms with Gasteiger partial charge < -0.3 is 11.1 Å². The summed E-state index contributed by atoms with van der Waals surface area (Å²) in [6.45, 7) is 4.69. The van der Waals surface area contributed by atoms with Crippen LogP contribution in [-0.4, -0.2) is 28.1 Å². The number of nitrogens with one attached hydrogen (secondary N) is 1. The first-order valence-corrected chi connectivity index (χ1v) is 7.74. The molecule has 1 heterocycles. The molecule has 3 N–H and O–H groups in total. The predicted molar refractivity (Wildman–Crippen MR) is 76.3 cm³/mol. The summed E-state index contributed by atoms with van der Waals surface area (Å²) >= 11 is 1.18. The second-order valence-corrected chi connectivity index (χ2v) is 6.26. The van der Waals surface area contributed by atoms with E-state index in [1.165, 1.54) is 24.4 Å². The number of carbonyl (C=O) groups is 1. The molecule has 1 saturated carbocycles. The largest absolute Gasteiger partial charge is 0.348 e. The molecule has 1 aliphatic rings. The smallest absolute Gasteiger partial charge is 0.265 e. The van der Waals surface area contributed by atoms with Gasteiger partial charge in [-0.1, -0.05) is 31.2 Å². The van der Waals surface area contributed by atoms with Gasteiger partial charge in [0, 0.05) is 6.04 Å². The second kappa shape index (κ2) is 6.43. The predicted octanol–water partition coefficient (Wildman–Crippen LogP) is 1.91. The van der Waals surface area contributed by atoms with Crippen molar-refractivity contribution in [2.45, 2.75) is 51.5 Å². The molecule has 6 heteroatoms. The first kappa shape index (κ1) is 14.4. The van der Waals surface area contributed by atoms with E-state index in [4.69, 9.17) is 5.73 Å². The summed E-state index contributed by atoms with van der Waals surface area (Å²) in [5, 5.41) is 7.18. The number of aromatic nitrogens is 2. The third-order valence-electron chi connectivity index (χ3n) is 3.79. The zero-order chi connectivity index (χ0) is 13.8. The number of hydrogen-bond acceptors (Lipinski definition) is 5. The van der Waals surface area contributed by atoms with Crippen molar-refractivity contribution in [3.05, 3.63) is 10.6 Å². The molecule has 2 rings (SSSR count). The van der Waals surface area contributed by atoms with Crippen LogP contribution in [0.1, 0.15) is 60.8 Å². The molecular weight excluding hydrogens is 260 g/mol. The molecule has 0 saturated heterocycles. The normalized spacial score (nSPS) is 23.6. The minimum absolute atomic E-state index is 0.0379. The maximum absolute atomic E-state index is 12.3. The van der Waals surface area contributed by atoms with Gasteiger partial charge in [-0.3, -0.25) is 4.79 Å². The number of nitrogens with zero attached hydrogens (tertiary/aromatic N) is 2. The van der Waals surface area contributed by atoms with Crippen molar-refractivity contribution < 1.29 is 4.79 Å². The van der Waals surface area contributed by atoms with Crippen molar-refractivity contribution in [3.63, 3.8) is 0 Å². The van der Waals surface area contributed by atoms with Crippen molar-refractivity contribution in [2.75, 3.05) is 6.54 Å². The summed E-state index contributed by atoms with van der Waals surface area (Å²) < 4.78 is 3.90. The Hall–Kier alpha value is -1.01. The van der Waals surface area contributed by atoms with E-state index in [2.05, 4.69) is 14.9 Å². The average molecular weight is 282 g/mol. The summed E-state index contributed by atoms with van der Waals surface area (Å²) in [5.41, 5.74) is 6.59. The van der Waals surface area contributed by atoms with Crippen LogP contribution in [0.2, 0.25) is 0 Å². The van der Waals surface area contributed by atoms with Gasteiger partial charge in [0.15, 0.2) is 0 Å². The molecule has 1 amide bonds. The maximum atomic E-state index is 12.3. The average Bonchev–Trinajstić information content (AvgIpc) is 2.88. The Balaban J connectivity index is 2.05. The highest BCUT2D eigenvalue weighted by Gasteiger charge is 2.27. The molecule has 0 bridgehead atoms. The van der Waals surface area contributed by atoms with Gasteiger partial charge in [0.1, 0.15) is 4.88 Å². The topological polar surface area (TPSA) is 80.9 Å². The van der Waals surface area contributed by atoms with Gasteiger partial charge in [0.25, 0.3) is 5.91 Å². The summed E-state index contributed by atoms with van der Waals surface area (Å²) in [4.78, 5) is 13.0. The van der Waals surface area contributed by atoms with Crippen molar-refractivity contribution in [3.8, 4) is 0 Å². The summed E-state index contributed by atoms with van der Waals surface area (Å²) in [6.07, 6.45) is 4.52. The van der Waals surface area contributed by atoms with Gasteiger partial charge in [-0.2, -0.15) is 0 Å². The first-order chi connectivity index (χ1) is 9.13. The van der Waals surface area contributed by atoms with Crippen LogP contribution in [0.25, 0.3) is 0 Å². The molecule has 0 aromatic carbocycles. The Morgan fingerprint density at radius 3 is 2.89 bits per heavy atom. The SMILES string of the molecule is CC(C)c1nnsc1C(=O)NC1CCCCC1CN. The highest BCUT2D eigenvalue weighted by molar-refractivity contribution is 7.08. The van der Waals surface area contributed by atoms with E-state index < -0.39 is 0 Å². The third kappa shape index (κ3) is 3.30. The van der Waals surface area contributed by atoms with Gasteiger partial charge in [0.05, 0.1) is 5.69 Å². The van der Waals surface area contributed by atoms with Gasteiger partial charge in [-0.05, 0) is 42.8 Å². The standard InChI is InChI=1S/C13H22N4OS/c1-8(2)11-12(19-17-16-11)13(18)15-10-6-4-3-5-9(10)7-14/h8-10H,3-7,14H2,1-2H3,(H,15,18). The maximum Gasteiger partial charge on any atom is 0.265 e. The van der Waals surface area contributed by atoms with Crippen LogP contribution in [0.4, 0.5) is 0 Å². The fourth-order valence-electron chi connectivity index (χ4n) is 2.65. The van der Waals surface area contributed by atoms with E-state index >= 15 is 0 Å². The molecule has 1 aromatic heterocycles. The molecule has 2 atom stereocenters.